The van der Waals surface area contributed by atoms with Gasteiger partial charge in [0.05, 0.1) is 22.7 Å². The van der Waals surface area contributed by atoms with Gasteiger partial charge in [0.2, 0.25) is 5.95 Å². The fourth-order valence-electron chi connectivity index (χ4n) is 2.91. The van der Waals surface area contributed by atoms with Crippen LogP contribution in [0.25, 0.3) is 11.0 Å². The number of benzene rings is 1. The van der Waals surface area contributed by atoms with Gasteiger partial charge in [-0.25, -0.2) is 4.98 Å². The van der Waals surface area contributed by atoms with Gasteiger partial charge in [0, 0.05) is 32.2 Å². The van der Waals surface area contributed by atoms with Gasteiger partial charge in [0.15, 0.2) is 0 Å². The smallest absolute Gasteiger partial charge is 0.201 e. The molecule has 21 heavy (non-hydrogen) atoms. The van der Waals surface area contributed by atoms with Crippen molar-refractivity contribution in [2.45, 2.75) is 12.6 Å². The van der Waals surface area contributed by atoms with Crippen molar-refractivity contribution in [3.8, 4) is 6.07 Å². The number of hydrogen-bond donors (Lipinski definition) is 1. The summed E-state index contributed by atoms with van der Waals surface area (Å²) in [5.74, 6) is 0.515. The maximum Gasteiger partial charge on any atom is 0.201 e. The van der Waals surface area contributed by atoms with Crippen molar-refractivity contribution in [2.75, 3.05) is 39.5 Å². The molecule has 1 aromatic heterocycles. The van der Waals surface area contributed by atoms with Gasteiger partial charge < -0.3 is 15.2 Å². The van der Waals surface area contributed by atoms with Crippen LogP contribution < -0.4 is 5.73 Å². The Morgan fingerprint density at radius 3 is 2.95 bits per heavy atom. The molecule has 2 aromatic rings. The van der Waals surface area contributed by atoms with Gasteiger partial charge in [-0.05, 0) is 32.3 Å². The summed E-state index contributed by atoms with van der Waals surface area (Å²) in [6.07, 6.45) is 0. The molecule has 1 unspecified atom stereocenters. The highest BCUT2D eigenvalue weighted by atomic mass is 15.3. The third-order valence-corrected chi connectivity index (χ3v) is 4.28. The number of nitrogen functional groups attached to an aromatic ring is 1. The first kappa shape index (κ1) is 13.9. The number of nitrogens with two attached hydrogens (primary N) is 1. The van der Waals surface area contributed by atoms with Crippen LogP contribution in [0.15, 0.2) is 18.2 Å². The Bertz CT molecular complexity index is 698. The van der Waals surface area contributed by atoms with Crippen LogP contribution in [-0.2, 0) is 6.54 Å². The summed E-state index contributed by atoms with van der Waals surface area (Å²) in [5.41, 5.74) is 8.50. The third-order valence-electron chi connectivity index (χ3n) is 4.28. The zero-order valence-electron chi connectivity index (χ0n) is 12.5. The van der Waals surface area contributed by atoms with Gasteiger partial charge in [-0.3, -0.25) is 4.90 Å². The molecule has 1 aliphatic rings. The Labute approximate surface area is 124 Å². The second-order valence-corrected chi connectivity index (χ2v) is 5.79. The predicted molar refractivity (Wildman–Crippen MR) is 82.8 cm³/mol. The van der Waals surface area contributed by atoms with E-state index in [9.17, 15) is 0 Å². The second-order valence-electron chi connectivity index (χ2n) is 5.79. The summed E-state index contributed by atoms with van der Waals surface area (Å²) in [7, 11) is 4.29. The van der Waals surface area contributed by atoms with Crippen molar-refractivity contribution in [1.29, 1.82) is 5.26 Å². The number of hydrogen-bond acceptors (Lipinski definition) is 5. The fraction of sp³-hybridized carbons (Fsp3) is 0.467. The van der Waals surface area contributed by atoms with E-state index < -0.39 is 0 Å². The molecule has 0 radical (unpaired) electrons. The number of anilines is 1. The fourth-order valence-corrected chi connectivity index (χ4v) is 2.91. The topological polar surface area (TPSA) is 74.1 Å². The van der Waals surface area contributed by atoms with Crippen LogP contribution in [0.3, 0.4) is 0 Å². The van der Waals surface area contributed by atoms with Crippen LogP contribution in [0.5, 0.6) is 0 Å². The first-order valence-electron chi connectivity index (χ1n) is 7.13. The number of nitriles is 1. The molecule has 0 bridgehead atoms. The maximum absolute atomic E-state index is 9.07. The molecule has 1 aromatic carbocycles. The number of imidazole rings is 1. The van der Waals surface area contributed by atoms with Crippen LogP contribution in [0.4, 0.5) is 5.95 Å². The highest BCUT2D eigenvalue weighted by molar-refractivity contribution is 5.79. The van der Waals surface area contributed by atoms with Gasteiger partial charge in [-0.15, -0.1) is 0 Å². The Balaban J connectivity index is 1.96. The monoisotopic (exact) mass is 284 g/mol. The average Bonchev–Trinajstić information content (AvgIpc) is 2.78. The number of piperazine rings is 1. The van der Waals surface area contributed by atoms with Gasteiger partial charge in [-0.1, -0.05) is 0 Å². The molecular weight excluding hydrogens is 264 g/mol. The summed E-state index contributed by atoms with van der Waals surface area (Å²) in [6.45, 7) is 3.94. The molecule has 6 nitrogen and oxygen atoms in total. The molecule has 1 fully saturated rings. The van der Waals surface area contributed by atoms with E-state index in [1.165, 1.54) is 0 Å². The lowest BCUT2D eigenvalue weighted by Crippen LogP contribution is -2.51. The minimum absolute atomic E-state index is 0.397. The molecule has 0 spiro atoms. The van der Waals surface area contributed by atoms with Crippen molar-refractivity contribution >= 4 is 17.0 Å². The highest BCUT2D eigenvalue weighted by Gasteiger charge is 2.24. The molecule has 1 atom stereocenters. The first-order valence-corrected chi connectivity index (χ1v) is 7.13. The van der Waals surface area contributed by atoms with E-state index in [0.29, 0.717) is 17.6 Å². The van der Waals surface area contributed by atoms with E-state index in [-0.39, 0.29) is 0 Å². The SMILES string of the molecule is CN1CCN(C)C(Cn2c(N)nc3ccc(C#N)cc32)C1. The molecule has 3 rings (SSSR count). The minimum Gasteiger partial charge on any atom is -0.369 e. The van der Waals surface area contributed by atoms with Crippen molar-refractivity contribution < 1.29 is 0 Å². The Morgan fingerprint density at radius 1 is 1.38 bits per heavy atom. The Hall–Kier alpha value is -2.10. The van der Waals surface area contributed by atoms with E-state index >= 15 is 0 Å². The van der Waals surface area contributed by atoms with E-state index in [0.717, 1.165) is 37.2 Å². The molecule has 0 saturated carbocycles. The lowest BCUT2D eigenvalue weighted by molar-refractivity contribution is 0.104. The van der Waals surface area contributed by atoms with Gasteiger partial charge in [0.1, 0.15) is 0 Å². The van der Waals surface area contributed by atoms with Gasteiger partial charge in [-0.2, -0.15) is 5.26 Å². The summed E-state index contributed by atoms with van der Waals surface area (Å²) in [5, 5.41) is 9.07. The molecule has 1 aliphatic heterocycles. The van der Waals surface area contributed by atoms with Crippen LogP contribution in [0, 0.1) is 11.3 Å². The molecular formula is C15H20N6. The maximum atomic E-state index is 9.07. The minimum atomic E-state index is 0.397. The van der Waals surface area contributed by atoms with Crippen molar-refractivity contribution in [1.82, 2.24) is 19.4 Å². The van der Waals surface area contributed by atoms with Crippen LogP contribution >= 0.6 is 0 Å². The molecule has 1 saturated heterocycles. The quantitative estimate of drug-likeness (QED) is 0.880. The summed E-state index contributed by atoms with van der Waals surface area (Å²) in [4.78, 5) is 9.09. The van der Waals surface area contributed by atoms with E-state index in [2.05, 4.69) is 34.9 Å². The summed E-state index contributed by atoms with van der Waals surface area (Å²) in [6, 6.07) is 8.07. The summed E-state index contributed by atoms with van der Waals surface area (Å²) < 4.78 is 2.02. The van der Waals surface area contributed by atoms with Crippen molar-refractivity contribution in [3.63, 3.8) is 0 Å². The average molecular weight is 284 g/mol. The van der Waals surface area contributed by atoms with E-state index in [4.69, 9.17) is 11.0 Å². The Morgan fingerprint density at radius 2 is 2.19 bits per heavy atom. The number of fused-ring (bicyclic) bond motifs is 1. The van der Waals surface area contributed by atoms with Crippen LogP contribution in [0.1, 0.15) is 5.56 Å². The Kier molecular flexibility index (Phi) is 3.53. The van der Waals surface area contributed by atoms with Gasteiger partial charge in [0.25, 0.3) is 0 Å². The van der Waals surface area contributed by atoms with E-state index in [1.807, 2.05) is 16.7 Å². The number of rotatable bonds is 2. The second kappa shape index (κ2) is 5.35. The molecule has 110 valence electrons. The largest absolute Gasteiger partial charge is 0.369 e. The van der Waals surface area contributed by atoms with Gasteiger partial charge >= 0.3 is 0 Å². The lowest BCUT2D eigenvalue weighted by Gasteiger charge is -2.38. The third kappa shape index (κ3) is 2.58. The van der Waals surface area contributed by atoms with Crippen LogP contribution in [0.2, 0.25) is 0 Å². The highest BCUT2D eigenvalue weighted by Crippen LogP contribution is 2.21. The normalized spacial score (nSPS) is 20.7. The standard InChI is InChI=1S/C15H20N6/c1-19-5-6-20(2)12(9-19)10-21-14-7-11(8-16)3-4-13(14)18-15(21)17/h3-4,7,12H,5-6,9-10H2,1-2H3,(H2,17,18). The number of nitrogens with zero attached hydrogens (tertiary/aromatic N) is 5. The van der Waals surface area contributed by atoms with Crippen LogP contribution in [-0.4, -0.2) is 59.1 Å². The first-order chi connectivity index (χ1) is 10.1. The number of aromatic nitrogens is 2. The van der Waals surface area contributed by atoms with Crippen molar-refractivity contribution in [3.05, 3.63) is 23.8 Å². The zero-order chi connectivity index (χ0) is 15.0. The van der Waals surface area contributed by atoms with Crippen molar-refractivity contribution in [2.24, 2.45) is 0 Å². The zero-order valence-corrected chi connectivity index (χ0v) is 12.5. The molecule has 6 heteroatoms. The van der Waals surface area contributed by atoms with E-state index in [1.54, 1.807) is 6.07 Å². The number of likely N-dealkylation sites (N-methyl/N-ethyl adjacent to an activating group) is 2. The molecule has 2 heterocycles. The molecule has 0 amide bonds. The molecule has 0 aliphatic carbocycles. The molecule has 2 N–H and O–H groups in total. The lowest BCUT2D eigenvalue weighted by atomic mass is 10.1. The summed E-state index contributed by atoms with van der Waals surface area (Å²) >= 11 is 0. The predicted octanol–water partition coefficient (Wildman–Crippen LogP) is 0.736.